The number of carbonyl (C=O) groups is 1. The van der Waals surface area contributed by atoms with Crippen molar-refractivity contribution < 1.29 is 13.2 Å². The van der Waals surface area contributed by atoms with E-state index in [0.717, 1.165) is 30.0 Å². The molecule has 0 heterocycles. The Morgan fingerprint density at radius 2 is 1.63 bits per heavy atom. The van der Waals surface area contributed by atoms with Crippen LogP contribution in [0, 0.1) is 0 Å². The molecule has 2 aromatic carbocycles. The van der Waals surface area contributed by atoms with Crippen molar-refractivity contribution in [3.05, 3.63) is 63.1 Å². The fraction of sp³-hybridized carbons (Fsp3) is 0.381. The summed E-state index contributed by atoms with van der Waals surface area (Å²) in [7, 11) is -3.94. The predicted octanol–water partition coefficient (Wildman–Crippen LogP) is 5.29. The van der Waals surface area contributed by atoms with E-state index < -0.39 is 10.0 Å². The summed E-state index contributed by atoms with van der Waals surface area (Å²) in [6, 6.07) is 10.9. The number of nitrogens with zero attached hydrogens (tertiary/aromatic N) is 1. The number of benzene rings is 2. The first-order valence-corrected chi connectivity index (χ1v) is 12.3. The summed E-state index contributed by atoms with van der Waals surface area (Å²) in [5.74, 6) is -0.320. The van der Waals surface area contributed by atoms with Crippen LogP contribution in [0.15, 0.2) is 47.4 Å². The van der Waals surface area contributed by atoms with E-state index in [9.17, 15) is 13.2 Å². The van der Waals surface area contributed by atoms with Gasteiger partial charge in [0, 0.05) is 17.6 Å². The van der Waals surface area contributed by atoms with Gasteiger partial charge in [-0.25, -0.2) is 8.42 Å². The highest BCUT2D eigenvalue weighted by Gasteiger charge is 2.28. The molecular weight excluding hydrogens is 467 g/mol. The van der Waals surface area contributed by atoms with E-state index in [1.54, 1.807) is 18.2 Å². The summed E-state index contributed by atoms with van der Waals surface area (Å²) >= 11 is 18.0. The number of sulfonamides is 1. The number of amides is 1. The van der Waals surface area contributed by atoms with Crippen LogP contribution in [0.1, 0.15) is 37.7 Å². The highest BCUT2D eigenvalue weighted by Crippen LogP contribution is 2.26. The molecule has 0 bridgehead atoms. The zero-order chi connectivity index (χ0) is 21.7. The number of halogens is 3. The summed E-state index contributed by atoms with van der Waals surface area (Å²) < 4.78 is 27.7. The molecule has 3 rings (SSSR count). The molecule has 0 radical (unpaired) electrons. The van der Waals surface area contributed by atoms with Crippen LogP contribution in [-0.4, -0.2) is 31.2 Å². The highest BCUT2D eigenvalue weighted by molar-refractivity contribution is 7.89. The van der Waals surface area contributed by atoms with Crippen molar-refractivity contribution in [1.82, 2.24) is 9.62 Å². The molecule has 5 nitrogen and oxygen atoms in total. The Morgan fingerprint density at radius 1 is 0.967 bits per heavy atom. The maximum atomic E-state index is 13.3. The van der Waals surface area contributed by atoms with Crippen LogP contribution >= 0.6 is 34.8 Å². The first-order chi connectivity index (χ1) is 14.3. The van der Waals surface area contributed by atoms with Gasteiger partial charge < -0.3 is 5.32 Å². The molecule has 162 valence electrons. The highest BCUT2D eigenvalue weighted by atomic mass is 35.5. The molecule has 0 aromatic heterocycles. The van der Waals surface area contributed by atoms with Gasteiger partial charge in [0.25, 0.3) is 0 Å². The normalized spacial score (nSPS) is 15.3. The monoisotopic (exact) mass is 488 g/mol. The van der Waals surface area contributed by atoms with E-state index in [4.69, 9.17) is 34.8 Å². The van der Waals surface area contributed by atoms with Crippen LogP contribution in [0.3, 0.4) is 0 Å². The molecule has 0 aliphatic heterocycles. The Bertz CT molecular complexity index is 991. The van der Waals surface area contributed by atoms with Crippen molar-refractivity contribution in [2.45, 2.75) is 49.6 Å². The van der Waals surface area contributed by atoms with Crippen molar-refractivity contribution in [3.8, 4) is 0 Å². The number of nitrogens with one attached hydrogen (secondary N) is 1. The molecule has 1 saturated carbocycles. The minimum Gasteiger partial charge on any atom is -0.352 e. The molecule has 0 atom stereocenters. The van der Waals surface area contributed by atoms with Crippen molar-refractivity contribution in [2.75, 3.05) is 6.54 Å². The van der Waals surface area contributed by atoms with Crippen molar-refractivity contribution >= 4 is 50.7 Å². The predicted molar refractivity (Wildman–Crippen MR) is 121 cm³/mol. The van der Waals surface area contributed by atoms with E-state index in [-0.39, 0.29) is 29.9 Å². The van der Waals surface area contributed by atoms with Gasteiger partial charge in [-0.1, -0.05) is 60.1 Å². The molecule has 1 aliphatic carbocycles. The topological polar surface area (TPSA) is 66.5 Å². The summed E-state index contributed by atoms with van der Waals surface area (Å²) in [4.78, 5) is 12.7. The smallest absolute Gasteiger partial charge is 0.243 e. The van der Waals surface area contributed by atoms with Gasteiger partial charge in [0.15, 0.2) is 0 Å². The zero-order valence-electron chi connectivity index (χ0n) is 16.3. The molecule has 0 saturated heterocycles. The zero-order valence-corrected chi connectivity index (χ0v) is 19.4. The number of carbonyl (C=O) groups excluding carboxylic acids is 1. The van der Waals surface area contributed by atoms with Crippen molar-refractivity contribution in [2.24, 2.45) is 0 Å². The molecule has 1 fully saturated rings. The van der Waals surface area contributed by atoms with Crippen LogP contribution in [0.5, 0.6) is 0 Å². The van der Waals surface area contributed by atoms with E-state index in [1.165, 1.54) is 30.7 Å². The van der Waals surface area contributed by atoms with Crippen molar-refractivity contribution in [3.63, 3.8) is 0 Å². The molecule has 1 N–H and O–H groups in total. The lowest BCUT2D eigenvalue weighted by molar-refractivity contribution is -0.122. The van der Waals surface area contributed by atoms with Gasteiger partial charge in [0.1, 0.15) is 0 Å². The van der Waals surface area contributed by atoms with Crippen LogP contribution < -0.4 is 5.32 Å². The summed E-state index contributed by atoms with van der Waals surface area (Å²) in [6.45, 7) is -0.304. The lowest BCUT2D eigenvalue weighted by atomic mass is 9.95. The first-order valence-electron chi connectivity index (χ1n) is 9.75. The van der Waals surface area contributed by atoms with E-state index in [1.807, 2.05) is 0 Å². The first kappa shape index (κ1) is 23.4. The Morgan fingerprint density at radius 3 is 2.27 bits per heavy atom. The van der Waals surface area contributed by atoms with E-state index >= 15 is 0 Å². The molecule has 2 aromatic rings. The minimum atomic E-state index is -3.94. The lowest BCUT2D eigenvalue weighted by Gasteiger charge is -2.26. The largest absolute Gasteiger partial charge is 0.352 e. The summed E-state index contributed by atoms with van der Waals surface area (Å²) in [5.41, 5.74) is 0.632. The van der Waals surface area contributed by atoms with Gasteiger partial charge >= 0.3 is 0 Å². The second-order valence-corrected chi connectivity index (χ2v) is 10.6. The summed E-state index contributed by atoms with van der Waals surface area (Å²) in [6.07, 6.45) is 5.15. The fourth-order valence-electron chi connectivity index (χ4n) is 3.50. The quantitative estimate of drug-likeness (QED) is 0.575. The van der Waals surface area contributed by atoms with Gasteiger partial charge in [-0.3, -0.25) is 4.79 Å². The molecule has 0 spiro atoms. The fourth-order valence-corrected chi connectivity index (χ4v) is 5.33. The van der Waals surface area contributed by atoms with Gasteiger partial charge in [-0.2, -0.15) is 4.31 Å². The molecular formula is C21H23Cl3N2O3S. The molecule has 0 unspecified atom stereocenters. The minimum absolute atomic E-state index is 0.0140. The molecule has 9 heteroatoms. The Hall–Kier alpha value is -1.31. The molecule has 1 aliphatic rings. The van der Waals surface area contributed by atoms with Crippen molar-refractivity contribution in [1.29, 1.82) is 0 Å². The van der Waals surface area contributed by atoms with Crippen LogP contribution in [0.25, 0.3) is 0 Å². The number of hydrogen-bond acceptors (Lipinski definition) is 3. The number of hydrogen-bond donors (Lipinski definition) is 1. The third kappa shape index (κ3) is 6.11. The Kier molecular flexibility index (Phi) is 8.04. The SMILES string of the molecule is O=C(CN(Cc1ccc(Cl)c(Cl)c1)S(=O)(=O)c1ccc(Cl)cc1)NC1CCCCC1. The second kappa shape index (κ2) is 10.3. The lowest BCUT2D eigenvalue weighted by Crippen LogP contribution is -2.44. The third-order valence-electron chi connectivity index (χ3n) is 5.08. The van der Waals surface area contributed by atoms with Crippen LogP contribution in [0.2, 0.25) is 15.1 Å². The van der Waals surface area contributed by atoms with Crippen LogP contribution in [-0.2, 0) is 21.4 Å². The molecule has 1 amide bonds. The van der Waals surface area contributed by atoms with Gasteiger partial charge in [-0.15, -0.1) is 0 Å². The van der Waals surface area contributed by atoms with E-state index in [0.29, 0.717) is 20.6 Å². The third-order valence-corrected chi connectivity index (χ3v) is 7.88. The Balaban J connectivity index is 1.84. The van der Waals surface area contributed by atoms with E-state index in [2.05, 4.69) is 5.32 Å². The standard InChI is InChI=1S/C21H23Cl3N2O3S/c22-16-7-9-18(10-8-16)30(28,29)26(13-15-6-11-19(23)20(24)12-15)14-21(27)25-17-4-2-1-3-5-17/h6-12,17H,1-5,13-14H2,(H,25,27). The summed E-state index contributed by atoms with van der Waals surface area (Å²) in [5, 5.41) is 4.11. The maximum Gasteiger partial charge on any atom is 0.243 e. The molecule has 30 heavy (non-hydrogen) atoms. The van der Waals surface area contributed by atoms with Crippen LogP contribution in [0.4, 0.5) is 0 Å². The van der Waals surface area contributed by atoms with Gasteiger partial charge in [-0.05, 0) is 54.8 Å². The second-order valence-electron chi connectivity index (χ2n) is 7.38. The maximum absolute atomic E-state index is 13.3. The van der Waals surface area contributed by atoms with Gasteiger partial charge in [0.2, 0.25) is 15.9 Å². The average molecular weight is 490 g/mol. The average Bonchev–Trinajstić information content (AvgIpc) is 2.71. The van der Waals surface area contributed by atoms with Gasteiger partial charge in [0.05, 0.1) is 21.5 Å². The Labute approximate surface area is 192 Å². The number of rotatable bonds is 7.